The summed E-state index contributed by atoms with van der Waals surface area (Å²) in [7, 11) is 0. The lowest BCUT2D eigenvalue weighted by atomic mass is 9.86. The number of hydrogen-bond acceptors (Lipinski definition) is 3. The third kappa shape index (κ3) is 10.7. The van der Waals surface area contributed by atoms with E-state index < -0.39 is 0 Å². The van der Waals surface area contributed by atoms with Crippen molar-refractivity contribution in [2.24, 2.45) is 11.8 Å². The molecule has 0 heterocycles. The molecule has 0 aliphatic carbocycles. The van der Waals surface area contributed by atoms with E-state index in [9.17, 15) is 5.11 Å². The van der Waals surface area contributed by atoms with Crippen LogP contribution in [0.15, 0.2) is 0 Å². The molecule has 0 spiro atoms. The number of unbranched alkanes of at least 4 members (excludes halogenated alkanes) is 3. The van der Waals surface area contributed by atoms with Crippen molar-refractivity contribution in [3.05, 3.63) is 0 Å². The predicted molar refractivity (Wildman–Crippen MR) is 103 cm³/mol. The number of aliphatic hydroxyl groups excluding tert-OH is 2. The summed E-state index contributed by atoms with van der Waals surface area (Å²) in [6, 6.07) is 0. The van der Waals surface area contributed by atoms with Crippen LogP contribution in [0.25, 0.3) is 0 Å². The van der Waals surface area contributed by atoms with E-state index in [1.165, 1.54) is 19.3 Å². The molecule has 0 aromatic heterocycles. The quantitative estimate of drug-likeness (QED) is 0.419. The molecule has 0 aromatic rings. The van der Waals surface area contributed by atoms with E-state index in [4.69, 9.17) is 9.84 Å². The average Bonchev–Trinajstić information content (AvgIpc) is 2.45. The number of rotatable bonds is 14. The molecule has 0 radical (unpaired) electrons. The van der Waals surface area contributed by atoms with Crippen LogP contribution in [0.5, 0.6) is 0 Å². The molecule has 3 atom stereocenters. The average molecular weight is 345 g/mol. The summed E-state index contributed by atoms with van der Waals surface area (Å²) in [4.78, 5) is 0. The van der Waals surface area contributed by atoms with E-state index in [0.717, 1.165) is 32.1 Å². The van der Waals surface area contributed by atoms with E-state index in [2.05, 4.69) is 41.5 Å². The molecule has 0 aliphatic heterocycles. The zero-order valence-electron chi connectivity index (χ0n) is 17.4. The Hall–Kier alpha value is -0.120. The lowest BCUT2D eigenvalue weighted by Crippen LogP contribution is -2.41. The normalized spacial score (nSPS) is 16.9. The minimum absolute atomic E-state index is 0.129. The molecule has 0 fully saturated rings. The second-order valence-electron chi connectivity index (χ2n) is 8.90. The maximum Gasteiger partial charge on any atom is 0.0659 e. The Labute approximate surface area is 151 Å². The predicted octanol–water partition coefficient (Wildman–Crippen LogP) is 5.33. The first kappa shape index (κ1) is 23.9. The molecule has 3 nitrogen and oxygen atoms in total. The molecule has 0 aliphatic rings. The van der Waals surface area contributed by atoms with Crippen LogP contribution in [-0.2, 0) is 4.74 Å². The van der Waals surface area contributed by atoms with Gasteiger partial charge in [0.05, 0.1) is 17.3 Å². The molecule has 24 heavy (non-hydrogen) atoms. The maximum atomic E-state index is 9.60. The van der Waals surface area contributed by atoms with Crippen molar-refractivity contribution in [3.8, 4) is 0 Å². The third-order valence-electron chi connectivity index (χ3n) is 5.53. The second-order valence-corrected chi connectivity index (χ2v) is 8.90. The lowest BCUT2D eigenvalue weighted by Gasteiger charge is -2.40. The Morgan fingerprint density at radius 3 is 1.96 bits per heavy atom. The number of hydrogen-bond donors (Lipinski definition) is 2. The molecule has 0 saturated carbocycles. The smallest absolute Gasteiger partial charge is 0.0659 e. The van der Waals surface area contributed by atoms with Crippen molar-refractivity contribution in [3.63, 3.8) is 0 Å². The summed E-state index contributed by atoms with van der Waals surface area (Å²) < 4.78 is 6.51. The summed E-state index contributed by atoms with van der Waals surface area (Å²) in [5, 5.41) is 18.4. The van der Waals surface area contributed by atoms with E-state index in [0.29, 0.717) is 18.4 Å². The van der Waals surface area contributed by atoms with Gasteiger partial charge in [-0.2, -0.15) is 0 Å². The topological polar surface area (TPSA) is 49.7 Å². The molecule has 0 saturated heterocycles. The zero-order valence-corrected chi connectivity index (χ0v) is 17.4. The summed E-state index contributed by atoms with van der Waals surface area (Å²) in [5.41, 5.74) is -0.260. The van der Waals surface area contributed by atoms with Crippen molar-refractivity contribution < 1.29 is 14.9 Å². The summed E-state index contributed by atoms with van der Waals surface area (Å²) in [6.45, 7) is 15.4. The highest BCUT2D eigenvalue weighted by Crippen LogP contribution is 2.33. The summed E-state index contributed by atoms with van der Waals surface area (Å²) in [5.74, 6) is 0.869. The molecule has 0 amide bonds. The molecule has 3 heteroatoms. The van der Waals surface area contributed by atoms with Gasteiger partial charge in [-0.1, -0.05) is 39.5 Å². The van der Waals surface area contributed by atoms with Gasteiger partial charge >= 0.3 is 0 Å². The van der Waals surface area contributed by atoms with Crippen LogP contribution in [-0.4, -0.2) is 34.1 Å². The van der Waals surface area contributed by atoms with Crippen molar-refractivity contribution in [1.82, 2.24) is 0 Å². The first-order valence-corrected chi connectivity index (χ1v) is 10.0. The molecule has 3 unspecified atom stereocenters. The number of aliphatic hydroxyl groups is 2. The first-order valence-electron chi connectivity index (χ1n) is 10.0. The third-order valence-corrected chi connectivity index (χ3v) is 5.53. The van der Waals surface area contributed by atoms with Crippen LogP contribution in [0.2, 0.25) is 0 Å². The van der Waals surface area contributed by atoms with Gasteiger partial charge in [-0.25, -0.2) is 0 Å². The fourth-order valence-corrected chi connectivity index (χ4v) is 3.22. The van der Waals surface area contributed by atoms with Crippen LogP contribution in [0.1, 0.15) is 99.8 Å². The van der Waals surface area contributed by atoms with Gasteiger partial charge in [0.2, 0.25) is 0 Å². The van der Waals surface area contributed by atoms with Crippen molar-refractivity contribution in [2.75, 3.05) is 6.61 Å². The standard InChI is InChI=1S/C21H44O3/c1-17(19(3)23)13-12-15-20(4,5)24-21(6,7)18(2)14-10-8-9-11-16-22/h17-19,22-23H,8-16H2,1-7H3. The first-order chi connectivity index (χ1) is 11.0. The van der Waals surface area contributed by atoms with Crippen molar-refractivity contribution in [2.45, 2.75) is 117 Å². The number of ether oxygens (including phenoxy) is 1. The molecule has 2 N–H and O–H groups in total. The summed E-state index contributed by atoms with van der Waals surface area (Å²) >= 11 is 0. The minimum Gasteiger partial charge on any atom is -0.396 e. The molecular weight excluding hydrogens is 300 g/mol. The molecule has 0 aromatic carbocycles. The SMILES string of the molecule is CC(O)C(C)CCCC(C)(C)OC(C)(C)C(C)CCCCCCO. The fourth-order valence-electron chi connectivity index (χ4n) is 3.22. The van der Waals surface area contributed by atoms with E-state index in [-0.39, 0.29) is 17.3 Å². The van der Waals surface area contributed by atoms with Crippen LogP contribution < -0.4 is 0 Å². The minimum atomic E-state index is -0.226. The summed E-state index contributed by atoms with van der Waals surface area (Å²) in [6.07, 6.45) is 8.56. The molecule has 0 rings (SSSR count). The van der Waals surface area contributed by atoms with Gasteiger partial charge in [0.15, 0.2) is 0 Å². The highest BCUT2D eigenvalue weighted by molar-refractivity contribution is 4.82. The lowest BCUT2D eigenvalue weighted by molar-refractivity contribution is -0.151. The van der Waals surface area contributed by atoms with Crippen LogP contribution in [0.4, 0.5) is 0 Å². The van der Waals surface area contributed by atoms with Crippen LogP contribution >= 0.6 is 0 Å². The van der Waals surface area contributed by atoms with Gasteiger partial charge in [0.25, 0.3) is 0 Å². The van der Waals surface area contributed by atoms with Crippen LogP contribution in [0.3, 0.4) is 0 Å². The van der Waals surface area contributed by atoms with Crippen LogP contribution in [0, 0.1) is 11.8 Å². The molecule has 0 bridgehead atoms. The Morgan fingerprint density at radius 1 is 0.833 bits per heavy atom. The molecular formula is C21H44O3. The van der Waals surface area contributed by atoms with Crippen molar-refractivity contribution >= 4 is 0 Å². The Balaban J connectivity index is 4.23. The van der Waals surface area contributed by atoms with Gasteiger partial charge < -0.3 is 14.9 Å². The van der Waals surface area contributed by atoms with E-state index >= 15 is 0 Å². The Kier molecular flexibility index (Phi) is 11.4. The highest BCUT2D eigenvalue weighted by Gasteiger charge is 2.33. The molecule has 146 valence electrons. The largest absolute Gasteiger partial charge is 0.396 e. The van der Waals surface area contributed by atoms with Gasteiger partial charge in [-0.15, -0.1) is 0 Å². The van der Waals surface area contributed by atoms with E-state index in [1.807, 2.05) is 6.92 Å². The second kappa shape index (κ2) is 11.5. The monoisotopic (exact) mass is 344 g/mol. The van der Waals surface area contributed by atoms with Gasteiger partial charge in [0, 0.05) is 6.61 Å². The highest BCUT2D eigenvalue weighted by atomic mass is 16.5. The Bertz CT molecular complexity index is 310. The van der Waals surface area contributed by atoms with Crippen molar-refractivity contribution in [1.29, 1.82) is 0 Å². The maximum absolute atomic E-state index is 9.60. The van der Waals surface area contributed by atoms with Gasteiger partial charge in [-0.05, 0) is 72.1 Å². The van der Waals surface area contributed by atoms with Gasteiger partial charge in [-0.3, -0.25) is 0 Å². The van der Waals surface area contributed by atoms with Gasteiger partial charge in [0.1, 0.15) is 0 Å². The van der Waals surface area contributed by atoms with E-state index in [1.54, 1.807) is 0 Å². The zero-order chi connectivity index (χ0) is 18.8. The fraction of sp³-hybridized carbons (Fsp3) is 1.00. The Morgan fingerprint density at radius 2 is 1.42 bits per heavy atom.